The van der Waals surface area contributed by atoms with Crippen molar-refractivity contribution >= 4 is 11.3 Å². The molecule has 0 aromatic carbocycles. The molecule has 0 spiro atoms. The van der Waals surface area contributed by atoms with Crippen LogP contribution in [0.4, 0.5) is 0 Å². The highest BCUT2D eigenvalue weighted by Crippen LogP contribution is 2.46. The van der Waals surface area contributed by atoms with Gasteiger partial charge >= 0.3 is 0 Å². The molecule has 0 amide bonds. The van der Waals surface area contributed by atoms with E-state index >= 15 is 0 Å². The van der Waals surface area contributed by atoms with Crippen LogP contribution in [0.3, 0.4) is 0 Å². The van der Waals surface area contributed by atoms with Crippen molar-refractivity contribution in [2.45, 2.75) is 32.2 Å². The van der Waals surface area contributed by atoms with Crippen molar-refractivity contribution < 1.29 is 0 Å². The average Bonchev–Trinajstić information content (AvgIpc) is 3.09. The van der Waals surface area contributed by atoms with Gasteiger partial charge in [0.15, 0.2) is 0 Å². The number of hydrogen-bond acceptors (Lipinski definition) is 3. The van der Waals surface area contributed by atoms with E-state index < -0.39 is 0 Å². The van der Waals surface area contributed by atoms with Crippen LogP contribution < -0.4 is 5.32 Å². The van der Waals surface area contributed by atoms with Crippen LogP contribution in [0.15, 0.2) is 12.1 Å². The molecule has 2 nitrogen and oxygen atoms in total. The highest BCUT2D eigenvalue weighted by atomic mass is 32.1. The third-order valence-electron chi connectivity index (χ3n) is 3.94. The van der Waals surface area contributed by atoms with Crippen LogP contribution in [0.2, 0.25) is 0 Å². The zero-order valence-electron chi connectivity index (χ0n) is 10.6. The third kappa shape index (κ3) is 2.56. The molecule has 3 heteroatoms. The summed E-state index contributed by atoms with van der Waals surface area (Å²) in [6, 6.07) is 5.44. The molecule has 1 aromatic heterocycles. The van der Waals surface area contributed by atoms with Gasteiger partial charge in [-0.1, -0.05) is 6.92 Å². The van der Waals surface area contributed by atoms with Gasteiger partial charge in [-0.2, -0.15) is 0 Å². The zero-order chi connectivity index (χ0) is 11.7. The summed E-state index contributed by atoms with van der Waals surface area (Å²) in [5, 5.41) is 3.46. The number of aryl methyl sites for hydroxylation is 1. The van der Waals surface area contributed by atoms with Crippen molar-refractivity contribution in [3.05, 3.63) is 21.9 Å². The fraction of sp³-hybridized carbons (Fsp3) is 0.714. The SMILES string of the molecule is CCc1ccc([C@@H](C2CC2)N2CCNCC2)s1. The molecule has 1 aliphatic carbocycles. The van der Waals surface area contributed by atoms with Gasteiger partial charge in [0, 0.05) is 42.0 Å². The fourth-order valence-corrected chi connectivity index (χ4v) is 4.01. The molecular weight excluding hydrogens is 228 g/mol. The first kappa shape index (κ1) is 11.7. The minimum atomic E-state index is 0.724. The Morgan fingerprint density at radius 3 is 2.71 bits per heavy atom. The van der Waals surface area contributed by atoms with Crippen LogP contribution in [0.5, 0.6) is 0 Å². The Balaban J connectivity index is 1.78. The van der Waals surface area contributed by atoms with Gasteiger partial charge in [-0.05, 0) is 37.3 Å². The van der Waals surface area contributed by atoms with Crippen LogP contribution in [-0.4, -0.2) is 31.1 Å². The number of thiophene rings is 1. The molecule has 1 saturated heterocycles. The molecule has 17 heavy (non-hydrogen) atoms. The molecule has 1 N–H and O–H groups in total. The Labute approximate surface area is 108 Å². The minimum Gasteiger partial charge on any atom is -0.314 e. The van der Waals surface area contributed by atoms with Gasteiger partial charge < -0.3 is 5.32 Å². The first-order valence-electron chi connectivity index (χ1n) is 6.92. The number of piperazine rings is 1. The molecule has 1 atom stereocenters. The van der Waals surface area contributed by atoms with E-state index in [2.05, 4.69) is 29.3 Å². The van der Waals surface area contributed by atoms with Crippen LogP contribution in [0.25, 0.3) is 0 Å². The largest absolute Gasteiger partial charge is 0.314 e. The molecule has 2 aliphatic rings. The third-order valence-corrected chi connectivity index (χ3v) is 5.24. The standard InChI is InChI=1S/C14H22N2S/c1-2-12-5-6-13(17-12)14(11-3-4-11)16-9-7-15-8-10-16/h5-6,11,14-15H,2-4,7-10H2,1H3/t14-/m1/s1. The molecule has 0 unspecified atom stereocenters. The first-order chi connectivity index (χ1) is 8.38. The van der Waals surface area contributed by atoms with E-state index in [9.17, 15) is 0 Å². The summed E-state index contributed by atoms with van der Waals surface area (Å²) >= 11 is 2.04. The molecule has 1 aromatic rings. The van der Waals surface area contributed by atoms with Crippen molar-refractivity contribution in [1.82, 2.24) is 10.2 Å². The fourth-order valence-electron chi connectivity index (χ4n) is 2.83. The minimum absolute atomic E-state index is 0.724. The summed E-state index contributed by atoms with van der Waals surface area (Å²) in [7, 11) is 0. The molecule has 0 radical (unpaired) electrons. The molecule has 1 saturated carbocycles. The van der Waals surface area contributed by atoms with Crippen LogP contribution in [0, 0.1) is 5.92 Å². The Hall–Kier alpha value is -0.380. The zero-order valence-corrected chi connectivity index (χ0v) is 11.4. The lowest BCUT2D eigenvalue weighted by molar-refractivity contribution is 0.158. The van der Waals surface area contributed by atoms with Crippen molar-refractivity contribution in [2.75, 3.05) is 26.2 Å². The maximum absolute atomic E-state index is 3.46. The number of nitrogens with one attached hydrogen (secondary N) is 1. The Bertz CT molecular complexity index is 364. The molecular formula is C14H22N2S. The second kappa shape index (κ2) is 5.09. The molecule has 94 valence electrons. The van der Waals surface area contributed by atoms with E-state index in [-0.39, 0.29) is 0 Å². The van der Waals surface area contributed by atoms with E-state index in [1.165, 1.54) is 32.4 Å². The normalized spacial score (nSPS) is 23.8. The summed E-state index contributed by atoms with van der Waals surface area (Å²) in [6.45, 7) is 7.03. The average molecular weight is 250 g/mol. The monoisotopic (exact) mass is 250 g/mol. The molecule has 3 rings (SSSR count). The maximum Gasteiger partial charge on any atom is 0.0470 e. The highest BCUT2D eigenvalue weighted by molar-refractivity contribution is 7.12. The molecule has 0 bridgehead atoms. The lowest BCUT2D eigenvalue weighted by Gasteiger charge is -2.34. The Morgan fingerprint density at radius 1 is 1.35 bits per heavy atom. The molecule has 2 heterocycles. The van der Waals surface area contributed by atoms with Gasteiger partial charge in [0.1, 0.15) is 0 Å². The van der Waals surface area contributed by atoms with E-state index in [0.29, 0.717) is 0 Å². The van der Waals surface area contributed by atoms with Gasteiger partial charge in [-0.3, -0.25) is 4.90 Å². The van der Waals surface area contributed by atoms with Gasteiger partial charge in [-0.25, -0.2) is 0 Å². The quantitative estimate of drug-likeness (QED) is 0.884. The predicted molar refractivity (Wildman–Crippen MR) is 73.6 cm³/mol. The predicted octanol–water partition coefficient (Wildman–Crippen LogP) is 2.67. The second-order valence-electron chi connectivity index (χ2n) is 5.23. The van der Waals surface area contributed by atoms with Crippen molar-refractivity contribution in [3.63, 3.8) is 0 Å². The second-order valence-corrected chi connectivity index (χ2v) is 6.43. The Morgan fingerprint density at radius 2 is 2.12 bits per heavy atom. The van der Waals surface area contributed by atoms with Crippen molar-refractivity contribution in [1.29, 1.82) is 0 Å². The van der Waals surface area contributed by atoms with Gasteiger partial charge in [0.05, 0.1) is 0 Å². The number of hydrogen-bond donors (Lipinski definition) is 1. The summed E-state index contributed by atoms with van der Waals surface area (Å²) in [5.41, 5.74) is 0. The van der Waals surface area contributed by atoms with Crippen LogP contribution in [0.1, 0.15) is 35.6 Å². The van der Waals surface area contributed by atoms with Crippen LogP contribution in [-0.2, 0) is 6.42 Å². The van der Waals surface area contributed by atoms with Gasteiger partial charge in [0.2, 0.25) is 0 Å². The van der Waals surface area contributed by atoms with E-state index in [1.807, 2.05) is 11.3 Å². The maximum atomic E-state index is 3.46. The molecule has 1 aliphatic heterocycles. The topological polar surface area (TPSA) is 15.3 Å². The van der Waals surface area contributed by atoms with E-state index in [0.717, 1.165) is 25.0 Å². The highest BCUT2D eigenvalue weighted by Gasteiger charge is 2.37. The van der Waals surface area contributed by atoms with Crippen LogP contribution >= 0.6 is 11.3 Å². The summed E-state index contributed by atoms with van der Waals surface area (Å²) < 4.78 is 0. The lowest BCUT2D eigenvalue weighted by atomic mass is 10.1. The van der Waals surface area contributed by atoms with Crippen molar-refractivity contribution in [2.24, 2.45) is 5.92 Å². The number of nitrogens with zero attached hydrogens (tertiary/aromatic N) is 1. The summed E-state index contributed by atoms with van der Waals surface area (Å²) in [4.78, 5) is 5.87. The van der Waals surface area contributed by atoms with E-state index in [4.69, 9.17) is 0 Å². The lowest BCUT2D eigenvalue weighted by Crippen LogP contribution is -2.45. The summed E-state index contributed by atoms with van der Waals surface area (Å²) in [5.74, 6) is 0.941. The molecule has 2 fully saturated rings. The van der Waals surface area contributed by atoms with Gasteiger partial charge in [0.25, 0.3) is 0 Å². The van der Waals surface area contributed by atoms with Gasteiger partial charge in [-0.15, -0.1) is 11.3 Å². The Kier molecular flexibility index (Phi) is 3.50. The van der Waals surface area contributed by atoms with Crippen molar-refractivity contribution in [3.8, 4) is 0 Å². The van der Waals surface area contributed by atoms with E-state index in [1.54, 1.807) is 9.75 Å². The summed E-state index contributed by atoms with van der Waals surface area (Å²) in [6.07, 6.45) is 4.06. The first-order valence-corrected chi connectivity index (χ1v) is 7.73. The smallest absolute Gasteiger partial charge is 0.0470 e. The number of rotatable bonds is 4.